The second-order valence-electron chi connectivity index (χ2n) is 8.29. The first-order valence-corrected chi connectivity index (χ1v) is 12.0. The van der Waals surface area contributed by atoms with Gasteiger partial charge in [-0.15, -0.1) is 11.3 Å². The zero-order valence-electron chi connectivity index (χ0n) is 18.2. The zero-order valence-corrected chi connectivity index (χ0v) is 19.0. The molecule has 7 nitrogen and oxygen atoms in total. The first-order chi connectivity index (χ1) is 14.7. The highest BCUT2D eigenvalue weighted by Crippen LogP contribution is 2.37. The fraction of sp³-hybridized carbons (Fsp3) is 0.636. The van der Waals surface area contributed by atoms with Gasteiger partial charge in [0.1, 0.15) is 6.26 Å². The average molecular weight is 431 g/mol. The second-order valence-corrected chi connectivity index (χ2v) is 9.27. The number of guanidine groups is 1. The van der Waals surface area contributed by atoms with E-state index in [-0.39, 0.29) is 0 Å². The Labute approximate surface area is 183 Å². The van der Waals surface area contributed by atoms with E-state index in [2.05, 4.69) is 56.7 Å². The summed E-state index contributed by atoms with van der Waals surface area (Å²) in [7, 11) is 2.26. The number of hydrogen-bond donors (Lipinski definition) is 1. The Balaban J connectivity index is 1.37. The number of likely N-dealkylation sites (tertiary alicyclic amines) is 1. The van der Waals surface area contributed by atoms with Crippen molar-refractivity contribution < 1.29 is 4.52 Å². The molecule has 2 fully saturated rings. The standard InChI is InChI=1S/C22H34N6OS/c1-3-23-22(28-12-10-27(11-13-28)17-19-8-14-29-25-19)24-16-18-6-4-9-26(2)21(18)20-7-5-15-30-20/h5,7-8,14-15,18,21H,3-4,6,9-13,16-17H2,1-2H3,(H,23,24). The Bertz CT molecular complexity index is 770. The van der Waals surface area contributed by atoms with Gasteiger partial charge >= 0.3 is 0 Å². The maximum absolute atomic E-state index is 5.12. The van der Waals surface area contributed by atoms with E-state index in [0.717, 1.165) is 57.5 Å². The molecule has 1 N–H and O–H groups in total. The van der Waals surface area contributed by atoms with Crippen LogP contribution in [-0.2, 0) is 6.54 Å². The largest absolute Gasteiger partial charge is 0.364 e. The van der Waals surface area contributed by atoms with Gasteiger partial charge in [0.05, 0.1) is 5.69 Å². The summed E-state index contributed by atoms with van der Waals surface area (Å²) in [6.07, 6.45) is 4.16. The molecular weight excluding hydrogens is 396 g/mol. The minimum Gasteiger partial charge on any atom is -0.364 e. The summed E-state index contributed by atoms with van der Waals surface area (Å²) in [5.74, 6) is 1.64. The lowest BCUT2D eigenvalue weighted by Crippen LogP contribution is -2.52. The Morgan fingerprint density at radius 2 is 2.13 bits per heavy atom. The molecular formula is C22H34N6OS. The van der Waals surface area contributed by atoms with Crippen molar-refractivity contribution in [3.05, 3.63) is 40.4 Å². The number of piperazine rings is 1. The van der Waals surface area contributed by atoms with Crippen LogP contribution >= 0.6 is 11.3 Å². The Morgan fingerprint density at radius 1 is 1.27 bits per heavy atom. The molecule has 2 unspecified atom stereocenters. The van der Waals surface area contributed by atoms with E-state index in [1.165, 1.54) is 24.3 Å². The van der Waals surface area contributed by atoms with Gasteiger partial charge in [0.25, 0.3) is 0 Å². The molecule has 4 rings (SSSR count). The van der Waals surface area contributed by atoms with Crippen molar-refractivity contribution in [3.63, 3.8) is 0 Å². The molecule has 2 atom stereocenters. The normalized spacial score (nSPS) is 24.3. The molecule has 2 saturated heterocycles. The summed E-state index contributed by atoms with van der Waals surface area (Å²) in [5, 5.41) is 9.77. The Hall–Kier alpha value is -1.90. The number of nitrogens with zero attached hydrogens (tertiary/aromatic N) is 5. The quantitative estimate of drug-likeness (QED) is 0.562. The average Bonchev–Trinajstić information content (AvgIpc) is 3.46. The van der Waals surface area contributed by atoms with Gasteiger partial charge in [0.15, 0.2) is 5.96 Å². The molecule has 8 heteroatoms. The van der Waals surface area contributed by atoms with E-state index in [1.54, 1.807) is 6.26 Å². The summed E-state index contributed by atoms with van der Waals surface area (Å²) >= 11 is 1.88. The lowest BCUT2D eigenvalue weighted by atomic mass is 9.88. The monoisotopic (exact) mass is 430 g/mol. The van der Waals surface area contributed by atoms with Crippen molar-refractivity contribution >= 4 is 17.3 Å². The molecule has 4 heterocycles. The number of aliphatic imine (C=N–C) groups is 1. The van der Waals surface area contributed by atoms with Crippen molar-refractivity contribution in [2.24, 2.45) is 10.9 Å². The highest BCUT2D eigenvalue weighted by molar-refractivity contribution is 7.10. The molecule has 0 radical (unpaired) electrons. The SMILES string of the molecule is CCNC(=NCC1CCCN(C)C1c1cccs1)N1CCN(Cc2ccon2)CC1. The highest BCUT2D eigenvalue weighted by Gasteiger charge is 2.31. The summed E-state index contributed by atoms with van der Waals surface area (Å²) in [6, 6.07) is 6.89. The van der Waals surface area contributed by atoms with Crippen LogP contribution in [-0.4, -0.2) is 78.7 Å². The fourth-order valence-electron chi connectivity index (χ4n) is 4.66. The van der Waals surface area contributed by atoms with Crippen molar-refractivity contribution in [1.29, 1.82) is 0 Å². The minimum atomic E-state index is 0.490. The van der Waals surface area contributed by atoms with Crippen LogP contribution in [0.3, 0.4) is 0 Å². The van der Waals surface area contributed by atoms with Gasteiger partial charge in [-0.05, 0) is 50.7 Å². The third-order valence-corrected chi connectivity index (χ3v) is 7.14. The number of rotatable bonds is 6. The second kappa shape index (κ2) is 10.4. The topological polar surface area (TPSA) is 60.1 Å². The third-order valence-electron chi connectivity index (χ3n) is 6.20. The minimum absolute atomic E-state index is 0.490. The lowest BCUT2D eigenvalue weighted by molar-refractivity contribution is 0.127. The Kier molecular flexibility index (Phi) is 7.41. The van der Waals surface area contributed by atoms with E-state index in [4.69, 9.17) is 9.52 Å². The van der Waals surface area contributed by atoms with Crippen LogP contribution in [0.2, 0.25) is 0 Å². The number of nitrogens with one attached hydrogen (secondary N) is 1. The van der Waals surface area contributed by atoms with Crippen LogP contribution in [0.25, 0.3) is 0 Å². The van der Waals surface area contributed by atoms with Gasteiger partial charge in [0.2, 0.25) is 0 Å². The van der Waals surface area contributed by atoms with Crippen LogP contribution in [0.5, 0.6) is 0 Å². The highest BCUT2D eigenvalue weighted by atomic mass is 32.1. The molecule has 0 spiro atoms. The lowest BCUT2D eigenvalue weighted by Gasteiger charge is -2.39. The van der Waals surface area contributed by atoms with Gasteiger partial charge < -0.3 is 14.7 Å². The van der Waals surface area contributed by atoms with Gasteiger partial charge in [0, 0.05) is 62.8 Å². The summed E-state index contributed by atoms with van der Waals surface area (Å²) in [4.78, 5) is 14.0. The maximum atomic E-state index is 5.12. The molecule has 0 aliphatic carbocycles. The van der Waals surface area contributed by atoms with Gasteiger partial charge in [-0.25, -0.2) is 0 Å². The van der Waals surface area contributed by atoms with E-state index in [9.17, 15) is 0 Å². The number of hydrogen-bond acceptors (Lipinski definition) is 6. The third kappa shape index (κ3) is 5.22. The zero-order chi connectivity index (χ0) is 20.8. The fourth-order valence-corrected chi connectivity index (χ4v) is 5.64. The van der Waals surface area contributed by atoms with Crippen LogP contribution in [0.1, 0.15) is 36.4 Å². The maximum Gasteiger partial charge on any atom is 0.194 e. The first-order valence-electron chi connectivity index (χ1n) is 11.1. The Morgan fingerprint density at radius 3 is 2.83 bits per heavy atom. The van der Waals surface area contributed by atoms with E-state index >= 15 is 0 Å². The summed E-state index contributed by atoms with van der Waals surface area (Å²) in [6.45, 7) is 9.98. The molecule has 0 aromatic carbocycles. The molecule has 2 aliphatic heterocycles. The van der Waals surface area contributed by atoms with Crippen LogP contribution in [0.4, 0.5) is 0 Å². The predicted octanol–water partition coefficient (Wildman–Crippen LogP) is 2.90. The molecule has 2 aromatic heterocycles. The summed E-state index contributed by atoms with van der Waals surface area (Å²) < 4.78 is 4.96. The molecule has 2 aliphatic rings. The molecule has 0 saturated carbocycles. The summed E-state index contributed by atoms with van der Waals surface area (Å²) in [5.41, 5.74) is 1.00. The van der Waals surface area contributed by atoms with Gasteiger partial charge in [-0.3, -0.25) is 14.8 Å². The van der Waals surface area contributed by atoms with Crippen LogP contribution in [0.15, 0.2) is 39.4 Å². The van der Waals surface area contributed by atoms with Crippen molar-refractivity contribution in [1.82, 2.24) is 25.2 Å². The van der Waals surface area contributed by atoms with E-state index < -0.39 is 0 Å². The van der Waals surface area contributed by atoms with Crippen molar-refractivity contribution in [2.75, 3.05) is 52.9 Å². The van der Waals surface area contributed by atoms with E-state index in [1.807, 2.05) is 17.4 Å². The first kappa shape index (κ1) is 21.3. The van der Waals surface area contributed by atoms with Gasteiger partial charge in [-0.1, -0.05) is 11.2 Å². The van der Waals surface area contributed by atoms with Crippen LogP contribution in [0, 0.1) is 5.92 Å². The molecule has 0 bridgehead atoms. The number of thiophene rings is 1. The number of piperidine rings is 1. The molecule has 30 heavy (non-hydrogen) atoms. The van der Waals surface area contributed by atoms with Gasteiger partial charge in [-0.2, -0.15) is 0 Å². The predicted molar refractivity (Wildman–Crippen MR) is 122 cm³/mol. The van der Waals surface area contributed by atoms with Crippen LogP contribution < -0.4 is 5.32 Å². The number of aromatic nitrogens is 1. The molecule has 164 valence electrons. The smallest absolute Gasteiger partial charge is 0.194 e. The van der Waals surface area contributed by atoms with E-state index in [0.29, 0.717) is 12.0 Å². The molecule has 2 aromatic rings. The molecule has 0 amide bonds. The van der Waals surface area contributed by atoms with Crippen molar-refractivity contribution in [2.45, 2.75) is 32.4 Å². The van der Waals surface area contributed by atoms with Crippen molar-refractivity contribution in [3.8, 4) is 0 Å².